The van der Waals surface area contributed by atoms with E-state index in [0.717, 1.165) is 5.56 Å². The van der Waals surface area contributed by atoms with Crippen LogP contribution in [0.4, 0.5) is 5.00 Å². The Bertz CT molecular complexity index is 658. The van der Waals surface area contributed by atoms with Crippen LogP contribution in [0, 0.1) is 18.3 Å². The largest absolute Gasteiger partial charge is 0.481 e. The molecule has 102 valence electrons. The molecule has 0 radical (unpaired) electrons. The molecule has 20 heavy (non-hydrogen) atoms. The number of hydrogen-bond acceptors (Lipinski definition) is 4. The van der Waals surface area contributed by atoms with E-state index in [4.69, 9.17) is 10.00 Å². The molecule has 0 aliphatic heterocycles. The summed E-state index contributed by atoms with van der Waals surface area (Å²) in [6, 6.07) is 11.2. The van der Waals surface area contributed by atoms with Gasteiger partial charge in [0.15, 0.2) is 6.10 Å². The number of thiophene rings is 1. The van der Waals surface area contributed by atoms with Crippen LogP contribution >= 0.6 is 11.3 Å². The quantitative estimate of drug-likeness (QED) is 0.937. The van der Waals surface area contributed by atoms with Gasteiger partial charge in [0.1, 0.15) is 16.8 Å². The molecule has 1 atom stereocenters. The number of carbonyl (C=O) groups is 1. The van der Waals surface area contributed by atoms with Gasteiger partial charge in [-0.3, -0.25) is 4.79 Å². The summed E-state index contributed by atoms with van der Waals surface area (Å²) in [7, 11) is 0. The Morgan fingerprint density at radius 3 is 2.95 bits per heavy atom. The Hall–Kier alpha value is -2.32. The molecule has 1 N–H and O–H groups in total. The maximum atomic E-state index is 12.0. The molecule has 0 spiro atoms. The minimum atomic E-state index is -0.634. The van der Waals surface area contributed by atoms with Crippen molar-refractivity contribution in [2.24, 2.45) is 0 Å². The van der Waals surface area contributed by atoms with E-state index in [1.807, 2.05) is 37.3 Å². The topological polar surface area (TPSA) is 62.1 Å². The zero-order valence-corrected chi connectivity index (χ0v) is 12.0. The van der Waals surface area contributed by atoms with Crippen LogP contribution in [0.25, 0.3) is 0 Å². The van der Waals surface area contributed by atoms with Crippen LogP contribution in [0.1, 0.15) is 18.1 Å². The molecule has 2 rings (SSSR count). The number of nitrogens with one attached hydrogen (secondary N) is 1. The monoisotopic (exact) mass is 286 g/mol. The molecule has 0 bridgehead atoms. The molecule has 4 nitrogen and oxygen atoms in total. The number of nitriles is 1. The lowest BCUT2D eigenvalue weighted by atomic mass is 10.2. The van der Waals surface area contributed by atoms with Crippen molar-refractivity contribution < 1.29 is 9.53 Å². The van der Waals surface area contributed by atoms with Gasteiger partial charge in [-0.1, -0.05) is 12.1 Å². The van der Waals surface area contributed by atoms with Crippen LogP contribution in [-0.2, 0) is 4.79 Å². The van der Waals surface area contributed by atoms with Gasteiger partial charge < -0.3 is 10.1 Å². The summed E-state index contributed by atoms with van der Waals surface area (Å²) in [4.78, 5) is 12.0. The standard InChI is InChI=1S/C15H14N2O2S/c1-10-4-3-5-13(8-10)19-11(2)14(18)17-15-12(9-16)6-7-20-15/h3-8,11H,1-2H3,(H,17,18)/t11-/m0/s1. The number of aryl methyl sites for hydroxylation is 1. The van der Waals surface area contributed by atoms with Crippen LogP contribution < -0.4 is 10.1 Å². The van der Waals surface area contributed by atoms with Gasteiger partial charge >= 0.3 is 0 Å². The fourth-order valence-corrected chi connectivity index (χ4v) is 2.39. The third kappa shape index (κ3) is 3.37. The summed E-state index contributed by atoms with van der Waals surface area (Å²) in [5.41, 5.74) is 1.53. The molecule has 0 saturated heterocycles. The van der Waals surface area contributed by atoms with E-state index in [1.165, 1.54) is 11.3 Å². The number of carbonyl (C=O) groups excluding carboxylic acids is 1. The van der Waals surface area contributed by atoms with Gasteiger partial charge in [0.05, 0.1) is 5.56 Å². The maximum absolute atomic E-state index is 12.0. The SMILES string of the molecule is Cc1cccc(O[C@@H](C)C(=O)Nc2sccc2C#N)c1. The molecule has 0 fully saturated rings. The normalized spacial score (nSPS) is 11.4. The van der Waals surface area contributed by atoms with Gasteiger partial charge in [-0.05, 0) is 43.0 Å². The highest BCUT2D eigenvalue weighted by molar-refractivity contribution is 7.14. The number of nitrogens with zero attached hydrogens (tertiary/aromatic N) is 1. The van der Waals surface area contributed by atoms with Gasteiger partial charge in [-0.2, -0.15) is 5.26 Å². The molecule has 5 heteroatoms. The van der Waals surface area contributed by atoms with Crippen molar-refractivity contribution in [1.29, 1.82) is 5.26 Å². The Morgan fingerprint density at radius 2 is 2.25 bits per heavy atom. The third-order valence-corrected chi connectivity index (χ3v) is 3.52. The number of anilines is 1. The maximum Gasteiger partial charge on any atom is 0.265 e. The fourth-order valence-electron chi connectivity index (χ4n) is 1.65. The van der Waals surface area contributed by atoms with Crippen molar-refractivity contribution >= 4 is 22.2 Å². The first-order chi connectivity index (χ1) is 9.60. The number of benzene rings is 1. The fraction of sp³-hybridized carbons (Fsp3) is 0.200. The zero-order chi connectivity index (χ0) is 14.5. The minimum Gasteiger partial charge on any atom is -0.481 e. The second-order valence-electron chi connectivity index (χ2n) is 4.34. The molecule has 0 saturated carbocycles. The summed E-state index contributed by atoms with van der Waals surface area (Å²) in [5.74, 6) is 0.379. The van der Waals surface area contributed by atoms with Gasteiger partial charge in [0.25, 0.3) is 5.91 Å². The van der Waals surface area contributed by atoms with E-state index in [9.17, 15) is 4.79 Å². The Morgan fingerprint density at radius 1 is 1.45 bits per heavy atom. The lowest BCUT2D eigenvalue weighted by Gasteiger charge is -2.14. The highest BCUT2D eigenvalue weighted by atomic mass is 32.1. The second-order valence-corrected chi connectivity index (χ2v) is 5.26. The smallest absolute Gasteiger partial charge is 0.265 e. The zero-order valence-electron chi connectivity index (χ0n) is 11.2. The molecular formula is C15H14N2O2S. The summed E-state index contributed by atoms with van der Waals surface area (Å²) >= 11 is 1.32. The Labute approximate surface area is 121 Å². The van der Waals surface area contributed by atoms with Crippen molar-refractivity contribution in [3.05, 3.63) is 46.8 Å². The first-order valence-corrected chi connectivity index (χ1v) is 7.00. The first kappa shape index (κ1) is 14.1. The van der Waals surface area contributed by atoms with Crippen LogP contribution in [-0.4, -0.2) is 12.0 Å². The van der Waals surface area contributed by atoms with Crippen molar-refractivity contribution in [3.8, 4) is 11.8 Å². The van der Waals surface area contributed by atoms with E-state index in [0.29, 0.717) is 16.3 Å². The number of rotatable bonds is 4. The lowest BCUT2D eigenvalue weighted by Crippen LogP contribution is -2.30. The highest BCUT2D eigenvalue weighted by Gasteiger charge is 2.17. The van der Waals surface area contributed by atoms with E-state index >= 15 is 0 Å². The number of amides is 1. The molecule has 1 aromatic heterocycles. The van der Waals surface area contributed by atoms with Crippen LogP contribution in [0.2, 0.25) is 0 Å². The summed E-state index contributed by atoms with van der Waals surface area (Å²) in [6.45, 7) is 3.64. The van der Waals surface area contributed by atoms with E-state index in [1.54, 1.807) is 18.4 Å². The van der Waals surface area contributed by atoms with Gasteiger partial charge in [-0.25, -0.2) is 0 Å². The predicted octanol–water partition coefficient (Wildman–Crippen LogP) is 3.33. The second kappa shape index (κ2) is 6.22. The van der Waals surface area contributed by atoms with Crippen molar-refractivity contribution in [1.82, 2.24) is 0 Å². The summed E-state index contributed by atoms with van der Waals surface area (Å²) in [5, 5.41) is 13.9. The number of ether oxygens (including phenoxy) is 1. The van der Waals surface area contributed by atoms with Gasteiger partial charge in [0, 0.05) is 0 Å². The van der Waals surface area contributed by atoms with Crippen molar-refractivity contribution in [2.45, 2.75) is 20.0 Å². The van der Waals surface area contributed by atoms with Crippen molar-refractivity contribution in [2.75, 3.05) is 5.32 Å². The average molecular weight is 286 g/mol. The molecule has 1 amide bonds. The van der Waals surface area contributed by atoms with E-state index < -0.39 is 6.10 Å². The summed E-state index contributed by atoms with van der Waals surface area (Å²) in [6.07, 6.45) is -0.634. The average Bonchev–Trinajstić information content (AvgIpc) is 2.85. The predicted molar refractivity (Wildman–Crippen MR) is 78.9 cm³/mol. The summed E-state index contributed by atoms with van der Waals surface area (Å²) < 4.78 is 5.59. The van der Waals surface area contributed by atoms with Crippen molar-refractivity contribution in [3.63, 3.8) is 0 Å². The minimum absolute atomic E-state index is 0.273. The Balaban J connectivity index is 2.01. The third-order valence-electron chi connectivity index (χ3n) is 2.69. The molecule has 0 aliphatic carbocycles. The lowest BCUT2D eigenvalue weighted by molar-refractivity contribution is -0.122. The van der Waals surface area contributed by atoms with Gasteiger partial charge in [-0.15, -0.1) is 11.3 Å². The molecule has 1 heterocycles. The van der Waals surface area contributed by atoms with E-state index in [2.05, 4.69) is 5.32 Å². The molecule has 0 aliphatic rings. The Kier molecular flexibility index (Phi) is 4.38. The van der Waals surface area contributed by atoms with Crippen LogP contribution in [0.15, 0.2) is 35.7 Å². The van der Waals surface area contributed by atoms with Crippen LogP contribution in [0.5, 0.6) is 5.75 Å². The molecule has 0 unspecified atom stereocenters. The number of hydrogen-bond donors (Lipinski definition) is 1. The van der Waals surface area contributed by atoms with Gasteiger partial charge in [0.2, 0.25) is 0 Å². The first-order valence-electron chi connectivity index (χ1n) is 6.12. The molecule has 2 aromatic rings. The highest BCUT2D eigenvalue weighted by Crippen LogP contribution is 2.22. The molecular weight excluding hydrogens is 272 g/mol. The van der Waals surface area contributed by atoms with Crippen LogP contribution in [0.3, 0.4) is 0 Å². The van der Waals surface area contributed by atoms with E-state index in [-0.39, 0.29) is 5.91 Å². The molecule has 1 aromatic carbocycles.